The molecule has 0 saturated carbocycles. The molecule has 0 heterocycles. The monoisotopic (exact) mass is 486 g/mol. The summed E-state index contributed by atoms with van der Waals surface area (Å²) in [6, 6.07) is 21.6. The fourth-order valence-corrected chi connectivity index (χ4v) is 3.62. The molecule has 8 heteroatoms. The Morgan fingerprint density at radius 1 is 1.00 bits per heavy atom. The summed E-state index contributed by atoms with van der Waals surface area (Å²) >= 11 is 9.67. The lowest BCUT2D eigenvalue weighted by Gasteiger charge is -2.23. The van der Waals surface area contributed by atoms with Crippen LogP contribution in [-0.4, -0.2) is 18.4 Å². The highest BCUT2D eigenvalue weighted by molar-refractivity contribution is 9.10. The lowest BCUT2D eigenvalue weighted by Crippen LogP contribution is -2.39. The van der Waals surface area contributed by atoms with Gasteiger partial charge in [0.2, 0.25) is 5.91 Å². The van der Waals surface area contributed by atoms with Crippen LogP contribution in [0.4, 0.5) is 5.69 Å². The molecular formula is C22H20BrClN4O2. The third-order valence-electron chi connectivity index (χ3n) is 4.45. The minimum atomic E-state index is -0.373. The highest BCUT2D eigenvalue weighted by atomic mass is 79.9. The molecule has 6 nitrogen and oxygen atoms in total. The Hall–Kier alpha value is -2.71. The summed E-state index contributed by atoms with van der Waals surface area (Å²) in [5, 5.41) is 6.51. The maximum absolute atomic E-state index is 12.8. The summed E-state index contributed by atoms with van der Waals surface area (Å²) < 4.78 is 0.833. The molecule has 2 amide bonds. The van der Waals surface area contributed by atoms with Crippen molar-refractivity contribution in [2.75, 3.05) is 11.9 Å². The molecule has 0 radical (unpaired) electrons. The van der Waals surface area contributed by atoms with Gasteiger partial charge in [0.05, 0.1) is 23.2 Å². The van der Waals surface area contributed by atoms with Gasteiger partial charge in [-0.2, -0.15) is 0 Å². The Bertz CT molecular complexity index is 1050. The summed E-state index contributed by atoms with van der Waals surface area (Å²) in [4.78, 5) is 24.6. The summed E-state index contributed by atoms with van der Waals surface area (Å²) in [6.07, 6.45) is 0. The summed E-state index contributed by atoms with van der Waals surface area (Å²) in [5.74, 6) is 4.54. The van der Waals surface area contributed by atoms with Gasteiger partial charge in [-0.05, 0) is 41.5 Å². The van der Waals surface area contributed by atoms with Crippen molar-refractivity contribution >= 4 is 45.0 Å². The van der Waals surface area contributed by atoms with E-state index in [2.05, 4.69) is 32.0 Å². The minimum Gasteiger partial charge on any atom is -0.322 e. The Morgan fingerprint density at radius 3 is 2.40 bits per heavy atom. The molecule has 3 aromatic carbocycles. The number of benzene rings is 3. The highest BCUT2D eigenvalue weighted by Crippen LogP contribution is 2.32. The first-order valence-corrected chi connectivity index (χ1v) is 10.3. The van der Waals surface area contributed by atoms with Crippen molar-refractivity contribution in [2.24, 2.45) is 5.84 Å². The van der Waals surface area contributed by atoms with Gasteiger partial charge in [-0.1, -0.05) is 70.0 Å². The highest BCUT2D eigenvalue weighted by Gasteiger charge is 2.20. The minimum absolute atomic E-state index is 0.000470. The van der Waals surface area contributed by atoms with Gasteiger partial charge in [0.1, 0.15) is 0 Å². The first kappa shape index (κ1) is 22.0. The van der Waals surface area contributed by atoms with Gasteiger partial charge in [0.15, 0.2) is 0 Å². The zero-order valence-electron chi connectivity index (χ0n) is 15.9. The molecule has 3 rings (SSSR count). The molecule has 0 aliphatic rings. The van der Waals surface area contributed by atoms with Crippen molar-refractivity contribution in [1.29, 1.82) is 0 Å². The van der Waals surface area contributed by atoms with E-state index >= 15 is 0 Å². The SMILES string of the molecule is NNC(=O)CN[C@H](c1ccccc1)c1cc(Br)ccc1NC(=O)c1ccccc1Cl. The van der Waals surface area contributed by atoms with Crippen LogP contribution in [0, 0.1) is 0 Å². The van der Waals surface area contributed by atoms with Crippen LogP contribution in [0.5, 0.6) is 0 Å². The van der Waals surface area contributed by atoms with Crippen LogP contribution < -0.4 is 21.9 Å². The van der Waals surface area contributed by atoms with Crippen LogP contribution in [0.2, 0.25) is 5.02 Å². The fourth-order valence-electron chi connectivity index (χ4n) is 3.02. The number of hydrazine groups is 1. The average molecular weight is 488 g/mol. The lowest BCUT2D eigenvalue weighted by molar-refractivity contribution is -0.120. The number of halogens is 2. The summed E-state index contributed by atoms with van der Waals surface area (Å²) in [7, 11) is 0. The van der Waals surface area contributed by atoms with Crippen LogP contribution >= 0.6 is 27.5 Å². The van der Waals surface area contributed by atoms with Crippen molar-refractivity contribution in [3.8, 4) is 0 Å². The quantitative estimate of drug-likeness (QED) is 0.230. The summed E-state index contributed by atoms with van der Waals surface area (Å²) in [6.45, 7) is 0.000470. The predicted molar refractivity (Wildman–Crippen MR) is 122 cm³/mol. The smallest absolute Gasteiger partial charge is 0.257 e. The molecule has 0 aliphatic heterocycles. The van der Waals surface area contributed by atoms with Crippen molar-refractivity contribution in [1.82, 2.24) is 10.7 Å². The zero-order valence-corrected chi connectivity index (χ0v) is 18.2. The average Bonchev–Trinajstić information content (AvgIpc) is 2.76. The molecule has 0 saturated heterocycles. The number of amides is 2. The molecule has 30 heavy (non-hydrogen) atoms. The zero-order chi connectivity index (χ0) is 21.5. The number of carbonyl (C=O) groups excluding carboxylic acids is 2. The van der Waals surface area contributed by atoms with E-state index in [1.165, 1.54) is 0 Å². The van der Waals surface area contributed by atoms with E-state index in [9.17, 15) is 9.59 Å². The van der Waals surface area contributed by atoms with Gasteiger partial charge in [0, 0.05) is 10.2 Å². The largest absolute Gasteiger partial charge is 0.322 e. The number of anilines is 1. The molecule has 0 aliphatic carbocycles. The molecule has 0 bridgehead atoms. The second-order valence-electron chi connectivity index (χ2n) is 6.46. The molecule has 0 fully saturated rings. The normalized spacial score (nSPS) is 11.6. The van der Waals surface area contributed by atoms with Gasteiger partial charge in [-0.3, -0.25) is 20.3 Å². The maximum atomic E-state index is 12.8. The third-order valence-corrected chi connectivity index (χ3v) is 5.27. The fraction of sp³-hybridized carbons (Fsp3) is 0.0909. The van der Waals surface area contributed by atoms with Crippen LogP contribution in [-0.2, 0) is 4.79 Å². The number of carbonyl (C=O) groups is 2. The van der Waals surface area contributed by atoms with Crippen LogP contribution in [0.3, 0.4) is 0 Å². The number of rotatable bonds is 7. The standard InChI is InChI=1S/C22H20BrClN4O2/c23-15-10-11-19(27-22(30)16-8-4-5-9-18(16)24)17(12-15)21(26-13-20(29)28-25)14-6-2-1-3-7-14/h1-12,21,26H,13,25H2,(H,27,30)(H,28,29)/t21-/m1/s1. The Kier molecular flexibility index (Phi) is 7.59. The van der Waals surface area contributed by atoms with Gasteiger partial charge in [-0.15, -0.1) is 0 Å². The molecule has 154 valence electrons. The van der Waals surface area contributed by atoms with Gasteiger partial charge in [-0.25, -0.2) is 5.84 Å². The number of nitrogens with two attached hydrogens (primary N) is 1. The maximum Gasteiger partial charge on any atom is 0.257 e. The van der Waals surface area contributed by atoms with Crippen LogP contribution in [0.1, 0.15) is 27.5 Å². The second-order valence-corrected chi connectivity index (χ2v) is 7.78. The van der Waals surface area contributed by atoms with E-state index in [0.29, 0.717) is 16.3 Å². The molecule has 0 unspecified atom stereocenters. The van der Waals surface area contributed by atoms with E-state index in [0.717, 1.165) is 15.6 Å². The first-order valence-electron chi connectivity index (χ1n) is 9.12. The van der Waals surface area contributed by atoms with E-state index in [1.807, 2.05) is 42.5 Å². The van der Waals surface area contributed by atoms with Crippen molar-refractivity contribution < 1.29 is 9.59 Å². The first-order chi connectivity index (χ1) is 14.5. The second kappa shape index (κ2) is 10.4. The van der Waals surface area contributed by atoms with Crippen molar-refractivity contribution in [2.45, 2.75) is 6.04 Å². The van der Waals surface area contributed by atoms with Crippen molar-refractivity contribution in [3.05, 3.63) is 99.0 Å². The van der Waals surface area contributed by atoms with Crippen molar-refractivity contribution in [3.63, 3.8) is 0 Å². The van der Waals surface area contributed by atoms with E-state index in [1.54, 1.807) is 30.3 Å². The molecular weight excluding hydrogens is 468 g/mol. The topological polar surface area (TPSA) is 96.2 Å². The van der Waals surface area contributed by atoms with E-state index < -0.39 is 0 Å². The Morgan fingerprint density at radius 2 is 1.70 bits per heavy atom. The molecule has 1 atom stereocenters. The predicted octanol–water partition coefficient (Wildman–Crippen LogP) is 4.02. The van der Waals surface area contributed by atoms with Gasteiger partial charge in [0.25, 0.3) is 5.91 Å². The van der Waals surface area contributed by atoms with E-state index in [-0.39, 0.29) is 24.4 Å². The van der Waals surface area contributed by atoms with Gasteiger partial charge >= 0.3 is 0 Å². The van der Waals surface area contributed by atoms with Crippen LogP contribution in [0.25, 0.3) is 0 Å². The molecule has 5 N–H and O–H groups in total. The lowest BCUT2D eigenvalue weighted by atomic mass is 9.96. The third kappa shape index (κ3) is 5.46. The van der Waals surface area contributed by atoms with Gasteiger partial charge < -0.3 is 5.32 Å². The number of hydrogen-bond donors (Lipinski definition) is 4. The molecule has 0 spiro atoms. The van der Waals surface area contributed by atoms with Crippen LogP contribution in [0.15, 0.2) is 77.3 Å². The Balaban J connectivity index is 1.99. The number of hydrogen-bond acceptors (Lipinski definition) is 4. The number of nitrogens with one attached hydrogen (secondary N) is 3. The Labute approximate surface area is 187 Å². The molecule has 0 aromatic heterocycles. The summed E-state index contributed by atoms with van der Waals surface area (Å²) in [5.41, 5.74) is 4.79. The van der Waals surface area contributed by atoms with E-state index in [4.69, 9.17) is 17.4 Å². The molecule has 3 aromatic rings.